The number of carbonyl (C=O) groups is 2. The number of carboxylic acids is 1. The highest BCUT2D eigenvalue weighted by Gasteiger charge is 2.34. The topological polar surface area (TPSA) is 69.6 Å². The van der Waals surface area contributed by atoms with Crippen molar-refractivity contribution >= 4 is 12.0 Å². The summed E-state index contributed by atoms with van der Waals surface area (Å²) in [7, 11) is 1.76. The van der Waals surface area contributed by atoms with Gasteiger partial charge in [-0.05, 0) is 24.2 Å². The van der Waals surface area contributed by atoms with Crippen LogP contribution in [0.15, 0.2) is 0 Å². The van der Waals surface area contributed by atoms with Crippen LogP contribution in [-0.2, 0) is 4.79 Å². The van der Waals surface area contributed by atoms with Crippen LogP contribution in [0.4, 0.5) is 4.79 Å². The number of hydrogen-bond acceptors (Lipinski definition) is 2. The van der Waals surface area contributed by atoms with Crippen molar-refractivity contribution in [2.45, 2.75) is 27.2 Å². The number of rotatable bonds is 6. The lowest BCUT2D eigenvalue weighted by molar-refractivity contribution is -0.142. The molecule has 0 aromatic heterocycles. The van der Waals surface area contributed by atoms with E-state index in [0.29, 0.717) is 11.8 Å². The third kappa shape index (κ3) is 4.20. The molecule has 0 aromatic rings. The van der Waals surface area contributed by atoms with Gasteiger partial charge in [-0.25, -0.2) is 4.79 Å². The first kappa shape index (κ1) is 14.8. The Morgan fingerprint density at radius 3 is 2.39 bits per heavy atom. The minimum atomic E-state index is -0.858. The van der Waals surface area contributed by atoms with Gasteiger partial charge in [-0.2, -0.15) is 0 Å². The Morgan fingerprint density at radius 2 is 2.00 bits per heavy atom. The van der Waals surface area contributed by atoms with E-state index in [2.05, 4.69) is 12.2 Å². The predicted octanol–water partition coefficient (Wildman–Crippen LogP) is 1.64. The molecular weight excluding hydrogens is 232 g/mol. The number of nitrogens with zero attached hydrogens (tertiary/aromatic N) is 1. The molecule has 3 atom stereocenters. The lowest BCUT2D eigenvalue weighted by Gasteiger charge is -2.21. The van der Waals surface area contributed by atoms with Gasteiger partial charge in [0.1, 0.15) is 0 Å². The summed E-state index contributed by atoms with van der Waals surface area (Å²) >= 11 is 0. The van der Waals surface area contributed by atoms with E-state index in [0.717, 1.165) is 6.54 Å². The van der Waals surface area contributed by atoms with Crippen LogP contribution in [0.25, 0.3) is 0 Å². The summed E-state index contributed by atoms with van der Waals surface area (Å²) < 4.78 is 0. The van der Waals surface area contributed by atoms with Crippen molar-refractivity contribution in [2.24, 2.45) is 23.7 Å². The average Bonchev–Trinajstić information content (AvgIpc) is 2.92. The van der Waals surface area contributed by atoms with Crippen molar-refractivity contribution in [1.82, 2.24) is 10.2 Å². The predicted molar refractivity (Wildman–Crippen MR) is 69.3 cm³/mol. The van der Waals surface area contributed by atoms with Gasteiger partial charge in [0, 0.05) is 20.1 Å². The van der Waals surface area contributed by atoms with Gasteiger partial charge in [-0.3, -0.25) is 4.79 Å². The Labute approximate surface area is 109 Å². The number of hydrogen-bond donors (Lipinski definition) is 2. The van der Waals surface area contributed by atoms with Gasteiger partial charge in [0.05, 0.1) is 5.92 Å². The molecule has 5 heteroatoms. The average molecular weight is 256 g/mol. The van der Waals surface area contributed by atoms with Gasteiger partial charge >= 0.3 is 12.0 Å². The molecule has 0 aliphatic heterocycles. The van der Waals surface area contributed by atoms with Crippen molar-refractivity contribution in [3.8, 4) is 0 Å². The number of amides is 2. The molecule has 0 spiro atoms. The zero-order valence-corrected chi connectivity index (χ0v) is 11.6. The molecule has 2 amide bonds. The lowest BCUT2D eigenvalue weighted by atomic mass is 9.96. The molecule has 0 aromatic carbocycles. The van der Waals surface area contributed by atoms with Crippen molar-refractivity contribution < 1.29 is 14.7 Å². The number of urea groups is 1. The fraction of sp³-hybridized carbons (Fsp3) is 0.846. The molecule has 1 saturated carbocycles. The SMILES string of the molecule is CC(C)C(CNC(=O)N(C)CC1CC1C)C(=O)O. The van der Waals surface area contributed by atoms with Crippen LogP contribution in [0.3, 0.4) is 0 Å². The molecule has 1 rings (SSSR count). The normalized spacial score (nSPS) is 23.6. The molecule has 18 heavy (non-hydrogen) atoms. The molecule has 1 aliphatic carbocycles. The van der Waals surface area contributed by atoms with Crippen LogP contribution in [-0.4, -0.2) is 42.1 Å². The second-order valence-corrected chi connectivity index (χ2v) is 5.73. The zero-order valence-electron chi connectivity index (χ0n) is 11.6. The highest BCUT2D eigenvalue weighted by atomic mass is 16.4. The van der Waals surface area contributed by atoms with Crippen LogP contribution in [0.1, 0.15) is 27.2 Å². The minimum absolute atomic E-state index is 0.0107. The van der Waals surface area contributed by atoms with Gasteiger partial charge in [0.2, 0.25) is 0 Å². The lowest BCUT2D eigenvalue weighted by Crippen LogP contribution is -2.42. The summed E-state index contributed by atoms with van der Waals surface area (Å²) in [4.78, 5) is 24.4. The molecule has 0 bridgehead atoms. The molecule has 0 saturated heterocycles. The summed E-state index contributed by atoms with van der Waals surface area (Å²) in [5, 5.41) is 11.7. The van der Waals surface area contributed by atoms with E-state index >= 15 is 0 Å². The fourth-order valence-corrected chi connectivity index (χ4v) is 2.03. The van der Waals surface area contributed by atoms with E-state index in [4.69, 9.17) is 5.11 Å². The summed E-state index contributed by atoms with van der Waals surface area (Å²) in [5.74, 6) is -0.0497. The van der Waals surface area contributed by atoms with Crippen molar-refractivity contribution in [3.63, 3.8) is 0 Å². The molecule has 0 radical (unpaired) electrons. The zero-order chi connectivity index (χ0) is 13.9. The van der Waals surface area contributed by atoms with Gasteiger partial charge < -0.3 is 15.3 Å². The van der Waals surface area contributed by atoms with E-state index in [1.807, 2.05) is 13.8 Å². The maximum atomic E-state index is 11.8. The smallest absolute Gasteiger partial charge is 0.317 e. The molecule has 1 aliphatic rings. The summed E-state index contributed by atoms with van der Waals surface area (Å²) in [6, 6.07) is -0.180. The van der Waals surface area contributed by atoms with E-state index in [1.165, 1.54) is 6.42 Å². The van der Waals surface area contributed by atoms with E-state index in [9.17, 15) is 9.59 Å². The Bertz CT molecular complexity index is 317. The molecular formula is C13H24N2O3. The maximum absolute atomic E-state index is 11.8. The Kier molecular flexibility index (Phi) is 4.99. The van der Waals surface area contributed by atoms with Gasteiger partial charge in [-0.15, -0.1) is 0 Å². The number of aliphatic carboxylic acids is 1. The molecule has 1 fully saturated rings. The molecule has 2 N–H and O–H groups in total. The first-order valence-corrected chi connectivity index (χ1v) is 6.54. The van der Waals surface area contributed by atoms with E-state index in [1.54, 1.807) is 11.9 Å². The van der Waals surface area contributed by atoms with E-state index < -0.39 is 11.9 Å². The monoisotopic (exact) mass is 256 g/mol. The molecule has 3 unspecified atom stereocenters. The van der Waals surface area contributed by atoms with Gasteiger partial charge in [0.15, 0.2) is 0 Å². The second-order valence-electron chi connectivity index (χ2n) is 5.73. The van der Waals surface area contributed by atoms with Crippen molar-refractivity contribution in [2.75, 3.05) is 20.1 Å². The number of carboxylic acid groups (broad SMARTS) is 1. The first-order valence-electron chi connectivity index (χ1n) is 6.54. The molecule has 5 nitrogen and oxygen atoms in total. The van der Waals surface area contributed by atoms with Crippen molar-refractivity contribution in [1.29, 1.82) is 0 Å². The Hall–Kier alpha value is -1.26. The van der Waals surface area contributed by atoms with Crippen LogP contribution in [0, 0.1) is 23.7 Å². The highest BCUT2D eigenvalue weighted by Crippen LogP contribution is 2.37. The second kappa shape index (κ2) is 6.07. The molecule has 104 valence electrons. The highest BCUT2D eigenvalue weighted by molar-refractivity contribution is 5.76. The largest absolute Gasteiger partial charge is 0.481 e. The minimum Gasteiger partial charge on any atom is -0.481 e. The summed E-state index contributed by atoms with van der Waals surface area (Å²) in [6.07, 6.45) is 1.18. The first-order chi connectivity index (χ1) is 8.32. The third-order valence-corrected chi connectivity index (χ3v) is 3.73. The Morgan fingerprint density at radius 1 is 1.44 bits per heavy atom. The third-order valence-electron chi connectivity index (χ3n) is 3.73. The maximum Gasteiger partial charge on any atom is 0.317 e. The van der Waals surface area contributed by atoms with E-state index in [-0.39, 0.29) is 18.5 Å². The standard InChI is InChI=1S/C13H24N2O3/c1-8(2)11(12(16)17)6-14-13(18)15(4)7-10-5-9(10)3/h8-11H,5-7H2,1-4H3,(H,14,18)(H,16,17). The van der Waals surface area contributed by atoms with Gasteiger partial charge in [0.25, 0.3) is 0 Å². The molecule has 0 heterocycles. The van der Waals surface area contributed by atoms with Crippen molar-refractivity contribution in [3.05, 3.63) is 0 Å². The van der Waals surface area contributed by atoms with Crippen LogP contribution >= 0.6 is 0 Å². The van der Waals surface area contributed by atoms with Crippen LogP contribution < -0.4 is 5.32 Å². The summed E-state index contributed by atoms with van der Waals surface area (Å²) in [5.41, 5.74) is 0. The quantitative estimate of drug-likeness (QED) is 0.759. The van der Waals surface area contributed by atoms with Crippen LogP contribution in [0.2, 0.25) is 0 Å². The fourth-order valence-electron chi connectivity index (χ4n) is 2.03. The Balaban J connectivity index is 2.32. The number of carbonyl (C=O) groups excluding carboxylic acids is 1. The summed E-state index contributed by atoms with van der Waals surface area (Å²) in [6.45, 7) is 6.82. The number of nitrogens with one attached hydrogen (secondary N) is 1. The van der Waals surface area contributed by atoms with Crippen LogP contribution in [0.5, 0.6) is 0 Å². The van der Waals surface area contributed by atoms with Gasteiger partial charge in [-0.1, -0.05) is 20.8 Å².